The lowest BCUT2D eigenvalue weighted by molar-refractivity contribution is -0.137. The van der Waals surface area contributed by atoms with Crippen LogP contribution in [0.15, 0.2) is 30.0 Å². The first kappa shape index (κ1) is 22.0. The smallest absolute Gasteiger partial charge is 0.277 e. The molecule has 0 radical (unpaired) electrons. The van der Waals surface area contributed by atoms with Gasteiger partial charge in [0.2, 0.25) is 0 Å². The number of benzene rings is 1. The van der Waals surface area contributed by atoms with Gasteiger partial charge in [-0.05, 0) is 30.5 Å². The van der Waals surface area contributed by atoms with Crippen LogP contribution in [-0.2, 0) is 9.59 Å². The lowest BCUT2D eigenvalue weighted by Crippen LogP contribution is -2.35. The average molecular weight is 389 g/mol. The number of amides is 2. The Morgan fingerprint density at radius 3 is 2.32 bits per heavy atom. The van der Waals surface area contributed by atoms with Crippen molar-refractivity contribution in [2.45, 2.75) is 46.0 Å². The van der Waals surface area contributed by atoms with Gasteiger partial charge in [0.1, 0.15) is 11.4 Å². The SMILES string of the molecule is CCCCCCN1C(=O)C(c2ccc(OCCC)cc2)=C(N(C)CCO)C1=O. The van der Waals surface area contributed by atoms with Gasteiger partial charge < -0.3 is 14.7 Å². The van der Waals surface area contributed by atoms with Crippen LogP contribution in [0.25, 0.3) is 5.57 Å². The summed E-state index contributed by atoms with van der Waals surface area (Å²) in [4.78, 5) is 29.1. The Hall–Kier alpha value is -2.34. The number of hydrogen-bond donors (Lipinski definition) is 1. The lowest BCUT2D eigenvalue weighted by atomic mass is 10.0. The van der Waals surface area contributed by atoms with E-state index in [1.165, 1.54) is 4.90 Å². The molecule has 2 rings (SSSR count). The van der Waals surface area contributed by atoms with Gasteiger partial charge in [0, 0.05) is 20.1 Å². The average Bonchev–Trinajstić information content (AvgIpc) is 2.94. The molecule has 2 amide bonds. The normalized spacial score (nSPS) is 14.2. The van der Waals surface area contributed by atoms with Crippen molar-refractivity contribution < 1.29 is 19.4 Å². The molecule has 0 bridgehead atoms. The second kappa shape index (κ2) is 10.9. The van der Waals surface area contributed by atoms with Gasteiger partial charge in [-0.2, -0.15) is 0 Å². The Morgan fingerprint density at radius 2 is 1.71 bits per heavy atom. The zero-order valence-corrected chi connectivity index (χ0v) is 17.2. The first-order chi connectivity index (χ1) is 13.5. The third-order valence-corrected chi connectivity index (χ3v) is 4.81. The van der Waals surface area contributed by atoms with Crippen molar-refractivity contribution in [3.8, 4) is 5.75 Å². The van der Waals surface area contributed by atoms with Crippen molar-refractivity contribution in [3.63, 3.8) is 0 Å². The van der Waals surface area contributed by atoms with Crippen molar-refractivity contribution in [1.82, 2.24) is 9.80 Å². The first-order valence-electron chi connectivity index (χ1n) is 10.2. The van der Waals surface area contributed by atoms with Gasteiger partial charge in [0.05, 0.1) is 18.8 Å². The number of carbonyl (C=O) groups is 2. The summed E-state index contributed by atoms with van der Waals surface area (Å²) in [6, 6.07) is 7.28. The Balaban J connectivity index is 2.29. The van der Waals surface area contributed by atoms with Crippen LogP contribution in [0.1, 0.15) is 51.5 Å². The summed E-state index contributed by atoms with van der Waals surface area (Å²) in [5, 5.41) is 9.30. The van der Waals surface area contributed by atoms with Crippen LogP contribution in [0.4, 0.5) is 0 Å². The first-order valence-corrected chi connectivity index (χ1v) is 10.2. The topological polar surface area (TPSA) is 70.1 Å². The molecule has 0 unspecified atom stereocenters. The zero-order valence-electron chi connectivity index (χ0n) is 17.2. The fourth-order valence-electron chi connectivity index (χ4n) is 3.28. The van der Waals surface area contributed by atoms with E-state index in [9.17, 15) is 14.7 Å². The monoisotopic (exact) mass is 388 g/mol. The molecule has 1 aliphatic heterocycles. The van der Waals surface area contributed by atoms with Crippen molar-refractivity contribution in [1.29, 1.82) is 0 Å². The zero-order chi connectivity index (χ0) is 20.5. The number of nitrogens with zero attached hydrogens (tertiary/aromatic N) is 2. The van der Waals surface area contributed by atoms with Crippen molar-refractivity contribution in [3.05, 3.63) is 35.5 Å². The van der Waals surface area contributed by atoms with E-state index in [1.54, 1.807) is 11.9 Å². The molecular formula is C22H32N2O4. The highest BCUT2D eigenvalue weighted by atomic mass is 16.5. The molecule has 0 saturated heterocycles. The Bertz CT molecular complexity index is 697. The summed E-state index contributed by atoms with van der Waals surface area (Å²) < 4.78 is 5.61. The fraction of sp³-hybridized carbons (Fsp3) is 0.545. The van der Waals surface area contributed by atoms with Gasteiger partial charge in [-0.25, -0.2) is 0 Å². The van der Waals surface area contributed by atoms with Gasteiger partial charge in [0.25, 0.3) is 11.8 Å². The van der Waals surface area contributed by atoms with Crippen LogP contribution in [0, 0.1) is 0 Å². The van der Waals surface area contributed by atoms with E-state index in [-0.39, 0.29) is 18.4 Å². The number of hydrogen-bond acceptors (Lipinski definition) is 5. The summed E-state index contributed by atoms with van der Waals surface area (Å²) in [5.41, 5.74) is 1.45. The lowest BCUT2D eigenvalue weighted by Gasteiger charge is -2.20. The molecule has 1 N–H and O–H groups in total. The van der Waals surface area contributed by atoms with E-state index in [0.29, 0.717) is 36.5 Å². The number of rotatable bonds is 12. The van der Waals surface area contributed by atoms with Gasteiger partial charge >= 0.3 is 0 Å². The molecule has 6 heteroatoms. The molecule has 0 aromatic heterocycles. The number of imide groups is 1. The molecular weight excluding hydrogens is 356 g/mol. The van der Waals surface area contributed by atoms with Gasteiger partial charge in [0.15, 0.2) is 0 Å². The fourth-order valence-corrected chi connectivity index (χ4v) is 3.28. The summed E-state index contributed by atoms with van der Waals surface area (Å²) >= 11 is 0. The van der Waals surface area contributed by atoms with Crippen LogP contribution >= 0.6 is 0 Å². The molecule has 1 aromatic rings. The van der Waals surface area contributed by atoms with Crippen LogP contribution in [0.3, 0.4) is 0 Å². The summed E-state index contributed by atoms with van der Waals surface area (Å²) in [6.07, 6.45) is 4.91. The minimum Gasteiger partial charge on any atom is -0.494 e. The van der Waals surface area contributed by atoms with Crippen LogP contribution in [-0.4, -0.2) is 60.1 Å². The molecule has 154 valence electrons. The third-order valence-electron chi connectivity index (χ3n) is 4.81. The van der Waals surface area contributed by atoms with Crippen molar-refractivity contribution >= 4 is 17.4 Å². The number of aliphatic hydroxyl groups is 1. The predicted octanol–water partition coefficient (Wildman–Crippen LogP) is 3.06. The van der Waals surface area contributed by atoms with Crippen LogP contribution in [0.2, 0.25) is 0 Å². The summed E-state index contributed by atoms with van der Waals surface area (Å²) in [6.45, 7) is 5.43. The molecule has 0 spiro atoms. The van der Waals surface area contributed by atoms with E-state index >= 15 is 0 Å². The standard InChI is InChI=1S/C22H32N2O4/c1-4-6-7-8-13-24-21(26)19(20(22(24)27)23(3)14-15-25)17-9-11-18(12-10-17)28-16-5-2/h9-12,25H,4-8,13-16H2,1-3H3. The highest BCUT2D eigenvalue weighted by molar-refractivity contribution is 6.35. The minimum atomic E-state index is -0.279. The largest absolute Gasteiger partial charge is 0.494 e. The predicted molar refractivity (Wildman–Crippen MR) is 110 cm³/mol. The van der Waals surface area contributed by atoms with E-state index in [1.807, 2.05) is 31.2 Å². The molecule has 28 heavy (non-hydrogen) atoms. The van der Waals surface area contributed by atoms with E-state index in [2.05, 4.69) is 6.92 Å². The highest BCUT2D eigenvalue weighted by Gasteiger charge is 2.40. The van der Waals surface area contributed by atoms with E-state index < -0.39 is 0 Å². The maximum absolute atomic E-state index is 13.1. The number of unbranched alkanes of at least 4 members (excludes halogenated alkanes) is 3. The molecule has 0 saturated carbocycles. The molecule has 0 aliphatic carbocycles. The number of likely N-dealkylation sites (N-methyl/N-ethyl adjacent to an activating group) is 1. The maximum atomic E-state index is 13.1. The highest BCUT2D eigenvalue weighted by Crippen LogP contribution is 2.32. The van der Waals surface area contributed by atoms with Crippen molar-refractivity contribution in [2.75, 3.05) is 33.4 Å². The Kier molecular flexibility index (Phi) is 8.51. The quantitative estimate of drug-likeness (QED) is 0.440. The molecule has 0 fully saturated rings. The van der Waals surface area contributed by atoms with Gasteiger partial charge in [-0.1, -0.05) is 45.2 Å². The molecule has 0 atom stereocenters. The minimum absolute atomic E-state index is 0.0882. The number of ether oxygens (including phenoxy) is 1. The number of aliphatic hydroxyl groups excluding tert-OH is 1. The number of carbonyl (C=O) groups excluding carboxylic acids is 2. The Labute approximate surface area is 167 Å². The molecule has 1 aromatic carbocycles. The van der Waals surface area contributed by atoms with Gasteiger partial charge in [-0.3, -0.25) is 14.5 Å². The van der Waals surface area contributed by atoms with E-state index in [4.69, 9.17) is 4.74 Å². The maximum Gasteiger partial charge on any atom is 0.277 e. The summed E-state index contributed by atoms with van der Waals surface area (Å²) in [7, 11) is 1.73. The molecule has 6 nitrogen and oxygen atoms in total. The van der Waals surface area contributed by atoms with Crippen molar-refractivity contribution in [2.24, 2.45) is 0 Å². The van der Waals surface area contributed by atoms with Crippen LogP contribution < -0.4 is 4.74 Å². The summed E-state index contributed by atoms with van der Waals surface area (Å²) in [5.74, 6) is 0.201. The second-order valence-electron chi connectivity index (χ2n) is 7.06. The Morgan fingerprint density at radius 1 is 1.00 bits per heavy atom. The van der Waals surface area contributed by atoms with Crippen LogP contribution in [0.5, 0.6) is 5.75 Å². The van der Waals surface area contributed by atoms with Gasteiger partial charge in [-0.15, -0.1) is 0 Å². The second-order valence-corrected chi connectivity index (χ2v) is 7.06. The van der Waals surface area contributed by atoms with E-state index in [0.717, 1.165) is 37.9 Å². The molecule has 1 aliphatic rings. The molecule has 1 heterocycles. The third kappa shape index (κ3) is 5.13.